The molecule has 0 aromatic heterocycles. The van der Waals surface area contributed by atoms with E-state index in [1.807, 2.05) is 0 Å². The summed E-state index contributed by atoms with van der Waals surface area (Å²) >= 11 is 0. The Hall–Kier alpha value is -2.39. The van der Waals surface area contributed by atoms with Crippen molar-refractivity contribution < 1.29 is 23.9 Å². The van der Waals surface area contributed by atoms with Gasteiger partial charge in [0.1, 0.15) is 0 Å². The largest absolute Gasteiger partial charge is 0.493 e. The quantitative estimate of drug-likeness (QED) is 0.548. The average molecular weight is 353 g/mol. The van der Waals surface area contributed by atoms with Crippen LogP contribution >= 0.6 is 0 Å². The normalized spacial score (nSPS) is 16.1. The SMILES string of the molecule is COc1cc(CCNC(=O)C2(N)CCOCC2)c([N+](=O)[O-])cc1OC. The second-order valence-corrected chi connectivity index (χ2v) is 5.87. The van der Waals surface area contributed by atoms with E-state index in [2.05, 4.69) is 5.32 Å². The van der Waals surface area contributed by atoms with Crippen LogP contribution < -0.4 is 20.5 Å². The molecule has 1 aromatic carbocycles. The summed E-state index contributed by atoms with van der Waals surface area (Å²) in [7, 11) is 2.87. The van der Waals surface area contributed by atoms with Gasteiger partial charge in [0, 0.05) is 25.3 Å². The Kier molecular flexibility index (Phi) is 6.16. The van der Waals surface area contributed by atoms with Crippen LogP contribution in [0.3, 0.4) is 0 Å². The molecule has 1 aromatic rings. The Morgan fingerprint density at radius 1 is 1.32 bits per heavy atom. The van der Waals surface area contributed by atoms with Gasteiger partial charge in [-0.05, 0) is 25.3 Å². The van der Waals surface area contributed by atoms with Gasteiger partial charge < -0.3 is 25.3 Å². The maximum atomic E-state index is 12.3. The first-order valence-electron chi connectivity index (χ1n) is 7.95. The molecule has 0 aliphatic carbocycles. The van der Waals surface area contributed by atoms with Crippen LogP contribution in [-0.2, 0) is 16.0 Å². The summed E-state index contributed by atoms with van der Waals surface area (Å²) in [4.78, 5) is 23.1. The van der Waals surface area contributed by atoms with E-state index in [1.165, 1.54) is 20.3 Å². The van der Waals surface area contributed by atoms with Gasteiger partial charge in [-0.25, -0.2) is 0 Å². The molecule has 3 N–H and O–H groups in total. The lowest BCUT2D eigenvalue weighted by Gasteiger charge is -2.31. The molecule has 1 aliphatic rings. The van der Waals surface area contributed by atoms with E-state index in [9.17, 15) is 14.9 Å². The fourth-order valence-electron chi connectivity index (χ4n) is 2.73. The Morgan fingerprint density at radius 3 is 2.48 bits per heavy atom. The number of hydrogen-bond acceptors (Lipinski definition) is 7. The van der Waals surface area contributed by atoms with Gasteiger partial charge >= 0.3 is 0 Å². The van der Waals surface area contributed by atoms with E-state index in [4.69, 9.17) is 19.9 Å². The highest BCUT2D eigenvalue weighted by Gasteiger charge is 2.35. The van der Waals surface area contributed by atoms with Crippen molar-refractivity contribution in [1.29, 1.82) is 0 Å². The molecular weight excluding hydrogens is 330 g/mol. The maximum Gasteiger partial charge on any atom is 0.276 e. The second-order valence-electron chi connectivity index (χ2n) is 5.87. The molecule has 0 radical (unpaired) electrons. The predicted octanol–water partition coefficient (Wildman–Crippen LogP) is 0.779. The lowest BCUT2D eigenvalue weighted by molar-refractivity contribution is -0.385. The van der Waals surface area contributed by atoms with Crippen LogP contribution in [0.15, 0.2) is 12.1 Å². The van der Waals surface area contributed by atoms with E-state index in [1.54, 1.807) is 6.07 Å². The maximum absolute atomic E-state index is 12.3. The molecule has 1 fully saturated rings. The van der Waals surface area contributed by atoms with Gasteiger partial charge in [-0.3, -0.25) is 14.9 Å². The molecule has 138 valence electrons. The number of rotatable bonds is 7. The van der Waals surface area contributed by atoms with Crippen LogP contribution in [0.25, 0.3) is 0 Å². The highest BCUT2D eigenvalue weighted by molar-refractivity contribution is 5.86. The number of methoxy groups -OCH3 is 2. The molecule has 0 unspecified atom stereocenters. The number of nitrogens with two attached hydrogens (primary N) is 1. The first-order valence-corrected chi connectivity index (χ1v) is 7.95. The number of nitro groups is 1. The zero-order chi connectivity index (χ0) is 18.4. The van der Waals surface area contributed by atoms with E-state index >= 15 is 0 Å². The number of amides is 1. The minimum Gasteiger partial charge on any atom is -0.493 e. The first kappa shape index (κ1) is 18.9. The molecule has 1 amide bonds. The molecule has 9 heteroatoms. The van der Waals surface area contributed by atoms with Gasteiger partial charge in [-0.1, -0.05) is 0 Å². The lowest BCUT2D eigenvalue weighted by atomic mass is 9.90. The number of ether oxygens (including phenoxy) is 3. The van der Waals surface area contributed by atoms with Crippen molar-refractivity contribution in [3.8, 4) is 11.5 Å². The van der Waals surface area contributed by atoms with Gasteiger partial charge in [0.15, 0.2) is 11.5 Å². The molecule has 1 aliphatic heterocycles. The van der Waals surface area contributed by atoms with Crippen molar-refractivity contribution in [3.05, 3.63) is 27.8 Å². The van der Waals surface area contributed by atoms with Crippen LogP contribution in [0.2, 0.25) is 0 Å². The van der Waals surface area contributed by atoms with E-state index in [0.29, 0.717) is 37.4 Å². The summed E-state index contributed by atoms with van der Waals surface area (Å²) in [5.41, 5.74) is 5.53. The highest BCUT2D eigenvalue weighted by atomic mass is 16.6. The van der Waals surface area contributed by atoms with E-state index < -0.39 is 10.5 Å². The Balaban J connectivity index is 2.06. The number of carbonyl (C=O) groups excluding carboxylic acids is 1. The van der Waals surface area contributed by atoms with Crippen LogP contribution in [-0.4, -0.2) is 50.3 Å². The molecule has 9 nitrogen and oxygen atoms in total. The van der Waals surface area contributed by atoms with Crippen molar-refractivity contribution in [3.63, 3.8) is 0 Å². The number of carbonyl (C=O) groups is 1. The minimum absolute atomic E-state index is 0.0829. The molecule has 2 rings (SSSR count). The number of nitrogens with zero attached hydrogens (tertiary/aromatic N) is 1. The molecule has 0 atom stereocenters. The third-order valence-corrected chi connectivity index (χ3v) is 4.30. The van der Waals surface area contributed by atoms with Gasteiger partial charge in [-0.2, -0.15) is 0 Å². The molecule has 25 heavy (non-hydrogen) atoms. The van der Waals surface area contributed by atoms with Crippen molar-refractivity contribution >= 4 is 11.6 Å². The monoisotopic (exact) mass is 353 g/mol. The summed E-state index contributed by atoms with van der Waals surface area (Å²) in [6.07, 6.45) is 1.18. The topological polar surface area (TPSA) is 126 Å². The van der Waals surface area contributed by atoms with Gasteiger partial charge in [0.25, 0.3) is 5.69 Å². The Morgan fingerprint density at radius 2 is 1.92 bits per heavy atom. The zero-order valence-corrected chi connectivity index (χ0v) is 14.4. The highest BCUT2D eigenvalue weighted by Crippen LogP contribution is 2.34. The smallest absolute Gasteiger partial charge is 0.276 e. The van der Waals surface area contributed by atoms with Crippen LogP contribution in [0.1, 0.15) is 18.4 Å². The molecule has 0 saturated carbocycles. The van der Waals surface area contributed by atoms with Gasteiger partial charge in [0.2, 0.25) is 5.91 Å². The molecule has 1 saturated heterocycles. The summed E-state index contributed by atoms with van der Waals surface area (Å²) in [5.74, 6) is 0.415. The second kappa shape index (κ2) is 8.13. The zero-order valence-electron chi connectivity index (χ0n) is 14.4. The van der Waals surface area contributed by atoms with Crippen molar-refractivity contribution in [2.24, 2.45) is 5.73 Å². The number of nitro benzene ring substituents is 1. The summed E-state index contributed by atoms with van der Waals surface area (Å²) < 4.78 is 15.5. The van der Waals surface area contributed by atoms with Gasteiger partial charge in [-0.15, -0.1) is 0 Å². The van der Waals surface area contributed by atoms with E-state index in [-0.39, 0.29) is 30.3 Å². The van der Waals surface area contributed by atoms with Crippen LogP contribution in [0, 0.1) is 10.1 Å². The third kappa shape index (κ3) is 4.37. The summed E-state index contributed by atoms with van der Waals surface area (Å²) in [6.45, 7) is 1.13. The predicted molar refractivity (Wildman–Crippen MR) is 89.9 cm³/mol. The fourth-order valence-corrected chi connectivity index (χ4v) is 2.73. The molecule has 0 spiro atoms. The minimum atomic E-state index is -0.943. The molecular formula is C16H23N3O6. The molecule has 1 heterocycles. The van der Waals surface area contributed by atoms with Crippen molar-refractivity contribution in [1.82, 2.24) is 5.32 Å². The van der Waals surface area contributed by atoms with E-state index in [0.717, 1.165) is 0 Å². The van der Waals surface area contributed by atoms with Crippen molar-refractivity contribution in [2.45, 2.75) is 24.8 Å². The van der Waals surface area contributed by atoms with Crippen LogP contribution in [0.5, 0.6) is 11.5 Å². The third-order valence-electron chi connectivity index (χ3n) is 4.30. The average Bonchev–Trinajstić information content (AvgIpc) is 2.61. The molecule has 0 bridgehead atoms. The number of benzene rings is 1. The Labute approximate surface area is 145 Å². The van der Waals surface area contributed by atoms with Crippen molar-refractivity contribution in [2.75, 3.05) is 34.0 Å². The number of nitrogens with one attached hydrogen (secondary N) is 1. The van der Waals surface area contributed by atoms with Crippen LogP contribution in [0.4, 0.5) is 5.69 Å². The standard InChI is InChI=1S/C16H23N3O6/c1-23-13-9-11(12(19(21)22)10-14(13)24-2)3-6-18-15(20)16(17)4-7-25-8-5-16/h9-10H,3-8,17H2,1-2H3,(H,18,20). The van der Waals surface area contributed by atoms with Gasteiger partial charge in [0.05, 0.1) is 30.7 Å². The number of hydrogen-bond donors (Lipinski definition) is 2. The summed E-state index contributed by atoms with van der Waals surface area (Å²) in [5, 5.41) is 14.0. The fraction of sp³-hybridized carbons (Fsp3) is 0.562. The first-order chi connectivity index (χ1) is 11.9. The Bertz CT molecular complexity index is 643. The lowest BCUT2D eigenvalue weighted by Crippen LogP contribution is -2.57. The summed E-state index contributed by atoms with van der Waals surface area (Å²) in [6, 6.07) is 2.87.